The summed E-state index contributed by atoms with van der Waals surface area (Å²) in [5.74, 6) is 1.20. The molecular weight excluding hydrogens is 284 g/mol. The third-order valence-corrected chi connectivity index (χ3v) is 3.38. The predicted molar refractivity (Wildman–Crippen MR) is 82.2 cm³/mol. The second-order valence-electron chi connectivity index (χ2n) is 5.12. The Hall–Kier alpha value is -2.24. The maximum Gasteiger partial charge on any atom is 0.251 e. The molecule has 1 fully saturated rings. The number of ether oxygens (including phenoxy) is 2. The van der Waals surface area contributed by atoms with Crippen LogP contribution < -0.4 is 20.1 Å². The Morgan fingerprint density at radius 2 is 1.91 bits per heavy atom. The smallest absolute Gasteiger partial charge is 0.251 e. The van der Waals surface area contributed by atoms with Crippen molar-refractivity contribution in [2.45, 2.75) is 19.8 Å². The summed E-state index contributed by atoms with van der Waals surface area (Å²) in [6, 6.07) is 5.04. The van der Waals surface area contributed by atoms with Gasteiger partial charge in [-0.2, -0.15) is 0 Å². The van der Waals surface area contributed by atoms with E-state index in [-0.39, 0.29) is 17.7 Å². The fourth-order valence-electron chi connectivity index (χ4n) is 2.04. The van der Waals surface area contributed by atoms with Gasteiger partial charge in [0.25, 0.3) is 5.91 Å². The Morgan fingerprint density at radius 3 is 2.55 bits per heavy atom. The Labute approximate surface area is 130 Å². The first-order valence-corrected chi connectivity index (χ1v) is 7.52. The van der Waals surface area contributed by atoms with Crippen LogP contribution in [0.5, 0.6) is 11.5 Å². The molecule has 1 aromatic carbocycles. The van der Waals surface area contributed by atoms with Crippen LogP contribution in [0.4, 0.5) is 0 Å². The zero-order valence-corrected chi connectivity index (χ0v) is 13.0. The number of carbonyl (C=O) groups is 2. The van der Waals surface area contributed by atoms with Crippen LogP contribution >= 0.6 is 0 Å². The quantitative estimate of drug-likeness (QED) is 0.711. The van der Waals surface area contributed by atoms with E-state index in [0.717, 1.165) is 12.8 Å². The number of nitrogens with one attached hydrogen (secondary N) is 2. The van der Waals surface area contributed by atoms with E-state index in [9.17, 15) is 9.59 Å². The topological polar surface area (TPSA) is 76.7 Å². The summed E-state index contributed by atoms with van der Waals surface area (Å²) in [4.78, 5) is 23.5. The highest BCUT2D eigenvalue weighted by Gasteiger charge is 2.28. The highest BCUT2D eigenvalue weighted by atomic mass is 16.5. The van der Waals surface area contributed by atoms with Crippen molar-refractivity contribution in [3.8, 4) is 11.5 Å². The number of hydrogen-bond donors (Lipinski definition) is 2. The number of methoxy groups -OCH3 is 1. The molecule has 0 saturated heterocycles. The first-order valence-electron chi connectivity index (χ1n) is 7.52. The lowest BCUT2D eigenvalue weighted by molar-refractivity contribution is -0.122. The summed E-state index contributed by atoms with van der Waals surface area (Å²) in [5.41, 5.74) is 0.498. The van der Waals surface area contributed by atoms with Crippen LogP contribution in [0, 0.1) is 5.92 Å². The third-order valence-electron chi connectivity index (χ3n) is 3.38. The number of hydrogen-bond acceptors (Lipinski definition) is 4. The molecule has 0 aliphatic heterocycles. The van der Waals surface area contributed by atoms with Crippen LogP contribution in [0.2, 0.25) is 0 Å². The van der Waals surface area contributed by atoms with Crippen molar-refractivity contribution >= 4 is 11.8 Å². The number of rotatable bonds is 8. The van der Waals surface area contributed by atoms with Crippen LogP contribution in [0.15, 0.2) is 18.2 Å². The second-order valence-corrected chi connectivity index (χ2v) is 5.12. The maximum atomic E-state index is 12.1. The summed E-state index contributed by atoms with van der Waals surface area (Å²) in [7, 11) is 1.56. The highest BCUT2D eigenvalue weighted by molar-refractivity contribution is 5.94. The molecule has 22 heavy (non-hydrogen) atoms. The Morgan fingerprint density at radius 1 is 1.18 bits per heavy atom. The molecule has 1 aliphatic carbocycles. The first-order chi connectivity index (χ1) is 10.7. The third kappa shape index (κ3) is 4.38. The first kappa shape index (κ1) is 16.1. The van der Waals surface area contributed by atoms with Crippen LogP contribution in [-0.2, 0) is 4.79 Å². The lowest BCUT2D eigenvalue weighted by atomic mass is 10.2. The summed E-state index contributed by atoms with van der Waals surface area (Å²) in [6.45, 7) is 3.20. The van der Waals surface area contributed by atoms with Gasteiger partial charge in [0.15, 0.2) is 11.5 Å². The van der Waals surface area contributed by atoms with Gasteiger partial charge in [0.2, 0.25) is 5.91 Å². The van der Waals surface area contributed by atoms with Crippen LogP contribution in [0.3, 0.4) is 0 Å². The van der Waals surface area contributed by atoms with E-state index in [1.807, 2.05) is 6.92 Å². The Bertz CT molecular complexity index is 541. The number of benzene rings is 1. The molecule has 1 aliphatic rings. The van der Waals surface area contributed by atoms with Gasteiger partial charge >= 0.3 is 0 Å². The van der Waals surface area contributed by atoms with Gasteiger partial charge in [-0.1, -0.05) is 0 Å². The van der Waals surface area contributed by atoms with Crippen molar-refractivity contribution in [2.75, 3.05) is 26.8 Å². The van der Waals surface area contributed by atoms with Crippen LogP contribution in [0.1, 0.15) is 30.1 Å². The monoisotopic (exact) mass is 306 g/mol. The van der Waals surface area contributed by atoms with Crippen molar-refractivity contribution in [1.29, 1.82) is 0 Å². The summed E-state index contributed by atoms with van der Waals surface area (Å²) in [6.07, 6.45) is 1.95. The minimum atomic E-state index is -0.204. The van der Waals surface area contributed by atoms with E-state index in [4.69, 9.17) is 9.47 Å². The molecule has 2 amide bonds. The van der Waals surface area contributed by atoms with E-state index in [1.54, 1.807) is 25.3 Å². The van der Waals surface area contributed by atoms with Crippen molar-refractivity contribution in [3.63, 3.8) is 0 Å². The molecule has 0 aromatic heterocycles. The van der Waals surface area contributed by atoms with Gasteiger partial charge in [-0.25, -0.2) is 0 Å². The average molecular weight is 306 g/mol. The largest absolute Gasteiger partial charge is 0.493 e. The van der Waals surface area contributed by atoms with E-state index < -0.39 is 0 Å². The van der Waals surface area contributed by atoms with Gasteiger partial charge in [-0.3, -0.25) is 9.59 Å². The molecule has 6 heteroatoms. The number of amides is 2. The second kappa shape index (κ2) is 7.68. The molecular formula is C16H22N2O4. The van der Waals surface area contributed by atoms with E-state index in [0.29, 0.717) is 36.8 Å². The molecule has 1 saturated carbocycles. The van der Waals surface area contributed by atoms with Crippen molar-refractivity contribution in [2.24, 2.45) is 5.92 Å². The predicted octanol–water partition coefficient (Wildman–Crippen LogP) is 1.35. The Kier molecular flexibility index (Phi) is 5.63. The minimum absolute atomic E-state index is 0.0809. The van der Waals surface area contributed by atoms with Gasteiger partial charge in [-0.15, -0.1) is 0 Å². The standard InChI is InChI=1S/C16H22N2O4/c1-3-22-14-10-12(6-7-13(14)21-2)16(20)18-9-8-17-15(19)11-4-5-11/h6-7,10-11H,3-5,8-9H2,1-2H3,(H,17,19)(H,18,20). The fraction of sp³-hybridized carbons (Fsp3) is 0.500. The van der Waals surface area contributed by atoms with E-state index in [1.165, 1.54) is 0 Å². The van der Waals surface area contributed by atoms with Crippen molar-refractivity contribution in [1.82, 2.24) is 10.6 Å². The van der Waals surface area contributed by atoms with Gasteiger partial charge in [-0.05, 0) is 38.0 Å². The highest BCUT2D eigenvalue weighted by Crippen LogP contribution is 2.29. The molecule has 2 rings (SSSR count). The van der Waals surface area contributed by atoms with Gasteiger partial charge in [0, 0.05) is 24.6 Å². The molecule has 2 N–H and O–H groups in total. The number of carbonyl (C=O) groups excluding carboxylic acids is 2. The lowest BCUT2D eigenvalue weighted by Crippen LogP contribution is -2.35. The normalized spacial score (nSPS) is 13.4. The summed E-state index contributed by atoms with van der Waals surface area (Å²) in [5, 5.41) is 5.57. The summed E-state index contributed by atoms with van der Waals surface area (Å²) < 4.78 is 10.6. The van der Waals surface area contributed by atoms with Gasteiger partial charge < -0.3 is 20.1 Å². The van der Waals surface area contributed by atoms with E-state index in [2.05, 4.69) is 10.6 Å². The molecule has 0 heterocycles. The van der Waals surface area contributed by atoms with Gasteiger partial charge in [0.1, 0.15) is 0 Å². The van der Waals surface area contributed by atoms with E-state index >= 15 is 0 Å². The molecule has 0 unspecified atom stereocenters. The lowest BCUT2D eigenvalue weighted by Gasteiger charge is -2.11. The summed E-state index contributed by atoms with van der Waals surface area (Å²) >= 11 is 0. The zero-order chi connectivity index (χ0) is 15.9. The van der Waals surface area contributed by atoms with Crippen molar-refractivity contribution in [3.05, 3.63) is 23.8 Å². The molecule has 0 radical (unpaired) electrons. The maximum absolute atomic E-state index is 12.1. The molecule has 1 aromatic rings. The minimum Gasteiger partial charge on any atom is -0.493 e. The molecule has 0 bridgehead atoms. The van der Waals surface area contributed by atoms with Crippen LogP contribution in [-0.4, -0.2) is 38.6 Å². The SMILES string of the molecule is CCOc1cc(C(=O)NCCNC(=O)C2CC2)ccc1OC. The molecule has 6 nitrogen and oxygen atoms in total. The van der Waals surface area contributed by atoms with Crippen molar-refractivity contribution < 1.29 is 19.1 Å². The fourth-order valence-corrected chi connectivity index (χ4v) is 2.04. The molecule has 120 valence electrons. The Balaban J connectivity index is 1.83. The molecule has 0 spiro atoms. The van der Waals surface area contributed by atoms with Gasteiger partial charge in [0.05, 0.1) is 13.7 Å². The van der Waals surface area contributed by atoms with Crippen LogP contribution in [0.25, 0.3) is 0 Å². The zero-order valence-electron chi connectivity index (χ0n) is 13.0. The average Bonchev–Trinajstić information content (AvgIpc) is 3.36. The molecule has 0 atom stereocenters.